The first-order chi connectivity index (χ1) is 6.69. The van der Waals surface area contributed by atoms with E-state index < -0.39 is 11.6 Å². The van der Waals surface area contributed by atoms with Crippen molar-refractivity contribution in [3.63, 3.8) is 0 Å². The minimum absolute atomic E-state index is 0.257. The van der Waals surface area contributed by atoms with Gasteiger partial charge in [0, 0.05) is 12.1 Å². The van der Waals surface area contributed by atoms with Gasteiger partial charge in [-0.2, -0.15) is 0 Å². The van der Waals surface area contributed by atoms with E-state index >= 15 is 0 Å². The molecule has 0 aliphatic rings. The van der Waals surface area contributed by atoms with Gasteiger partial charge in [-0.15, -0.1) is 0 Å². The third-order valence-corrected chi connectivity index (χ3v) is 1.96. The predicted molar refractivity (Wildman–Crippen MR) is 53.8 cm³/mol. The van der Waals surface area contributed by atoms with E-state index in [1.807, 2.05) is 6.92 Å². The number of rotatable bonds is 3. The quantitative estimate of drug-likeness (QED) is 0.791. The van der Waals surface area contributed by atoms with Gasteiger partial charge in [0.25, 0.3) is 0 Å². The summed E-state index contributed by atoms with van der Waals surface area (Å²) in [4.78, 5) is 0. The first-order valence-electron chi connectivity index (χ1n) is 4.53. The predicted octanol–water partition coefficient (Wildman–Crippen LogP) is 2.50. The van der Waals surface area contributed by atoms with Gasteiger partial charge in [0.15, 0.2) is 11.6 Å². The lowest BCUT2D eigenvalue weighted by Crippen LogP contribution is -1.95. The molecule has 1 rings (SSSR count). The molecule has 0 radical (unpaired) electrons. The van der Waals surface area contributed by atoms with E-state index in [0.717, 1.165) is 5.56 Å². The summed E-state index contributed by atoms with van der Waals surface area (Å²) in [5, 5.41) is 0. The van der Waals surface area contributed by atoms with Crippen LogP contribution in [0.2, 0.25) is 0 Å². The molecule has 1 nitrogen and oxygen atoms in total. The fourth-order valence-corrected chi connectivity index (χ4v) is 1.19. The maximum atomic E-state index is 13.2. The number of halogens is 2. The molecule has 0 spiro atoms. The molecule has 0 bridgehead atoms. The van der Waals surface area contributed by atoms with Crippen LogP contribution in [0.15, 0.2) is 18.2 Å². The molecule has 2 N–H and O–H groups in total. The Kier molecular flexibility index (Phi) is 3.77. The molecule has 0 aromatic heterocycles. The van der Waals surface area contributed by atoms with Crippen molar-refractivity contribution in [2.24, 2.45) is 5.73 Å². The highest BCUT2D eigenvalue weighted by Gasteiger charge is 2.07. The van der Waals surface area contributed by atoms with Crippen LogP contribution in [-0.4, -0.2) is 6.54 Å². The molecule has 0 unspecified atom stereocenters. The molecule has 0 heterocycles. The smallest absolute Gasteiger partial charge is 0.166 e. The summed E-state index contributed by atoms with van der Waals surface area (Å²) in [6.07, 6.45) is 3.77. The van der Waals surface area contributed by atoms with Crippen LogP contribution in [0.25, 0.3) is 6.08 Å². The van der Waals surface area contributed by atoms with E-state index in [4.69, 9.17) is 5.73 Å². The Hall–Kier alpha value is -1.22. The Morgan fingerprint density at radius 2 is 2.07 bits per heavy atom. The second-order valence-electron chi connectivity index (χ2n) is 2.97. The summed E-state index contributed by atoms with van der Waals surface area (Å²) in [5.74, 6) is -1.62. The van der Waals surface area contributed by atoms with Gasteiger partial charge < -0.3 is 5.73 Å². The van der Waals surface area contributed by atoms with Crippen molar-refractivity contribution in [1.29, 1.82) is 0 Å². The summed E-state index contributed by atoms with van der Waals surface area (Å²) in [6.45, 7) is 2.21. The molecule has 0 amide bonds. The first-order valence-corrected chi connectivity index (χ1v) is 4.53. The normalized spacial score (nSPS) is 11.1. The van der Waals surface area contributed by atoms with Crippen LogP contribution in [-0.2, 0) is 6.42 Å². The molecule has 3 heteroatoms. The molecule has 0 saturated carbocycles. The third kappa shape index (κ3) is 2.39. The van der Waals surface area contributed by atoms with Gasteiger partial charge in [0.05, 0.1) is 0 Å². The van der Waals surface area contributed by atoms with Gasteiger partial charge in [0.1, 0.15) is 0 Å². The highest BCUT2D eigenvalue weighted by Crippen LogP contribution is 2.16. The highest BCUT2D eigenvalue weighted by atomic mass is 19.2. The molecular formula is C11H13F2N. The minimum atomic E-state index is -0.813. The summed E-state index contributed by atoms with van der Waals surface area (Å²) in [5.41, 5.74) is 6.27. The molecule has 0 fully saturated rings. The molecule has 1 aromatic rings. The number of hydrogen-bond acceptors (Lipinski definition) is 1. The zero-order valence-corrected chi connectivity index (χ0v) is 8.06. The fraction of sp³-hybridized carbons (Fsp3) is 0.273. The van der Waals surface area contributed by atoms with Crippen LogP contribution >= 0.6 is 0 Å². The largest absolute Gasteiger partial charge is 0.327 e. The van der Waals surface area contributed by atoms with E-state index in [-0.39, 0.29) is 5.56 Å². The van der Waals surface area contributed by atoms with Crippen LogP contribution < -0.4 is 5.73 Å². The second kappa shape index (κ2) is 4.86. The Labute approximate surface area is 82.2 Å². The van der Waals surface area contributed by atoms with Gasteiger partial charge in [-0.05, 0) is 24.1 Å². The fourth-order valence-electron chi connectivity index (χ4n) is 1.19. The zero-order chi connectivity index (χ0) is 10.6. The standard InChI is InChI=1S/C11H13F2N/c1-2-8-6-9(4-3-5-14)11(13)10(12)7-8/h3-4,6-7H,2,5,14H2,1H3/b4-3+. The molecule has 1 aromatic carbocycles. The van der Waals surface area contributed by atoms with Crippen molar-refractivity contribution in [2.75, 3.05) is 6.54 Å². The number of nitrogens with two attached hydrogens (primary N) is 1. The maximum absolute atomic E-state index is 13.2. The van der Waals surface area contributed by atoms with Crippen molar-refractivity contribution >= 4 is 6.08 Å². The van der Waals surface area contributed by atoms with E-state index in [2.05, 4.69) is 0 Å². The summed E-state index contributed by atoms with van der Waals surface area (Å²) in [7, 11) is 0. The Bertz CT molecular complexity index is 345. The van der Waals surface area contributed by atoms with Gasteiger partial charge in [-0.1, -0.05) is 19.1 Å². The summed E-state index contributed by atoms with van der Waals surface area (Å²) >= 11 is 0. The van der Waals surface area contributed by atoms with E-state index in [1.54, 1.807) is 12.1 Å². The van der Waals surface area contributed by atoms with Crippen molar-refractivity contribution in [1.82, 2.24) is 0 Å². The molecule has 0 aliphatic carbocycles. The van der Waals surface area contributed by atoms with Gasteiger partial charge >= 0.3 is 0 Å². The lowest BCUT2D eigenvalue weighted by Gasteiger charge is -2.02. The SMILES string of the molecule is CCc1cc(F)c(F)c(/C=C/CN)c1. The molecule has 76 valence electrons. The molecule has 0 saturated heterocycles. The van der Waals surface area contributed by atoms with Gasteiger partial charge in [-0.25, -0.2) is 8.78 Å². The monoisotopic (exact) mass is 197 g/mol. The number of hydrogen-bond donors (Lipinski definition) is 1. The van der Waals surface area contributed by atoms with Crippen LogP contribution in [0.5, 0.6) is 0 Å². The van der Waals surface area contributed by atoms with E-state index in [9.17, 15) is 8.78 Å². The Morgan fingerprint density at radius 1 is 1.36 bits per heavy atom. The lowest BCUT2D eigenvalue weighted by atomic mass is 10.1. The molecule has 0 atom stereocenters. The third-order valence-electron chi connectivity index (χ3n) is 1.96. The first kappa shape index (κ1) is 10.9. The molecule has 14 heavy (non-hydrogen) atoms. The average molecular weight is 197 g/mol. The van der Waals surface area contributed by atoms with Crippen molar-refractivity contribution in [3.8, 4) is 0 Å². The van der Waals surface area contributed by atoms with Gasteiger partial charge in [0.2, 0.25) is 0 Å². The van der Waals surface area contributed by atoms with Crippen LogP contribution in [0.3, 0.4) is 0 Å². The Balaban J connectivity index is 3.13. The van der Waals surface area contributed by atoms with Crippen LogP contribution in [0, 0.1) is 11.6 Å². The second-order valence-corrected chi connectivity index (χ2v) is 2.97. The zero-order valence-electron chi connectivity index (χ0n) is 8.06. The molecular weight excluding hydrogens is 184 g/mol. The number of aryl methyl sites for hydroxylation is 1. The van der Waals surface area contributed by atoms with Crippen LogP contribution in [0.1, 0.15) is 18.1 Å². The summed E-state index contributed by atoms with van der Waals surface area (Å²) < 4.78 is 26.2. The molecule has 0 aliphatic heterocycles. The van der Waals surface area contributed by atoms with E-state index in [1.165, 1.54) is 12.1 Å². The van der Waals surface area contributed by atoms with E-state index in [0.29, 0.717) is 13.0 Å². The topological polar surface area (TPSA) is 26.0 Å². The number of benzene rings is 1. The van der Waals surface area contributed by atoms with Crippen molar-refractivity contribution in [3.05, 3.63) is 41.0 Å². The maximum Gasteiger partial charge on any atom is 0.166 e. The Morgan fingerprint density at radius 3 is 2.64 bits per heavy atom. The van der Waals surface area contributed by atoms with Gasteiger partial charge in [-0.3, -0.25) is 0 Å². The summed E-state index contributed by atoms with van der Waals surface area (Å²) in [6, 6.07) is 2.85. The minimum Gasteiger partial charge on any atom is -0.327 e. The lowest BCUT2D eigenvalue weighted by molar-refractivity contribution is 0.505. The van der Waals surface area contributed by atoms with Crippen molar-refractivity contribution < 1.29 is 8.78 Å². The van der Waals surface area contributed by atoms with Crippen molar-refractivity contribution in [2.45, 2.75) is 13.3 Å². The van der Waals surface area contributed by atoms with Crippen LogP contribution in [0.4, 0.5) is 8.78 Å². The average Bonchev–Trinajstić information content (AvgIpc) is 2.20. The highest BCUT2D eigenvalue weighted by molar-refractivity contribution is 5.51.